The molecule has 0 aliphatic carbocycles. The second-order valence-corrected chi connectivity index (χ2v) is 15.2. The molecule has 0 amide bonds. The summed E-state index contributed by atoms with van der Waals surface area (Å²) in [6.07, 6.45) is 0. The van der Waals surface area contributed by atoms with E-state index in [1.54, 1.807) is 0 Å². The quantitative estimate of drug-likeness (QED) is 0.170. The molecule has 2 nitrogen and oxygen atoms in total. The van der Waals surface area contributed by atoms with Gasteiger partial charge in [0.15, 0.2) is 0 Å². The second-order valence-electron chi connectivity index (χ2n) is 14.1. The Balaban J connectivity index is 0.998. The number of rotatable bonds is 6. The van der Waals surface area contributed by atoms with Crippen molar-refractivity contribution in [3.8, 4) is 33.4 Å². The fourth-order valence-corrected chi connectivity index (χ4v) is 9.35. The van der Waals surface area contributed by atoms with Gasteiger partial charge < -0.3 is 9.32 Å². The molecular formula is C52H33NOS. The predicted octanol–water partition coefficient (Wildman–Crippen LogP) is 15.6. The topological polar surface area (TPSA) is 16.4 Å². The van der Waals surface area contributed by atoms with Crippen LogP contribution >= 0.6 is 11.3 Å². The molecule has 3 heteroatoms. The van der Waals surface area contributed by atoms with E-state index in [2.05, 4.69) is 193 Å². The first-order valence-corrected chi connectivity index (χ1v) is 19.5. The minimum absolute atomic E-state index is 0.910. The normalized spacial score (nSPS) is 11.6. The van der Waals surface area contributed by atoms with E-state index in [1.165, 1.54) is 53.2 Å². The highest BCUT2D eigenvalue weighted by atomic mass is 32.1. The van der Waals surface area contributed by atoms with E-state index in [0.717, 1.165) is 50.1 Å². The van der Waals surface area contributed by atoms with Crippen molar-refractivity contribution in [1.29, 1.82) is 0 Å². The van der Waals surface area contributed by atoms with Crippen molar-refractivity contribution >= 4 is 81.3 Å². The molecule has 2 aromatic heterocycles. The van der Waals surface area contributed by atoms with Crippen molar-refractivity contribution in [3.05, 3.63) is 200 Å². The van der Waals surface area contributed by atoms with Crippen LogP contribution in [-0.2, 0) is 0 Å². The number of hydrogen-bond donors (Lipinski definition) is 0. The Morgan fingerprint density at radius 2 is 0.945 bits per heavy atom. The number of thiophene rings is 1. The first kappa shape index (κ1) is 31.6. The van der Waals surface area contributed by atoms with Crippen LogP contribution in [0, 0.1) is 0 Å². The Morgan fingerprint density at radius 1 is 0.345 bits per heavy atom. The number of para-hydroxylation sites is 2. The van der Waals surface area contributed by atoms with Gasteiger partial charge in [-0.25, -0.2) is 0 Å². The Kier molecular flexibility index (Phi) is 7.39. The lowest BCUT2D eigenvalue weighted by Crippen LogP contribution is -2.09. The summed E-state index contributed by atoms with van der Waals surface area (Å²) < 4.78 is 8.99. The molecule has 2 heterocycles. The lowest BCUT2D eigenvalue weighted by atomic mass is 9.95. The predicted molar refractivity (Wildman–Crippen MR) is 235 cm³/mol. The summed E-state index contributed by atoms with van der Waals surface area (Å²) in [5, 5.41) is 7.40. The highest BCUT2D eigenvalue weighted by Crippen LogP contribution is 2.43. The van der Waals surface area contributed by atoms with Crippen LogP contribution in [0.5, 0.6) is 0 Å². The van der Waals surface area contributed by atoms with E-state index in [1.807, 2.05) is 23.5 Å². The van der Waals surface area contributed by atoms with Crippen LogP contribution in [0.4, 0.5) is 17.1 Å². The van der Waals surface area contributed by atoms with Gasteiger partial charge in [0.05, 0.1) is 0 Å². The molecule has 258 valence electrons. The largest absolute Gasteiger partial charge is 0.455 e. The first-order chi connectivity index (χ1) is 27.2. The fourth-order valence-electron chi connectivity index (χ4n) is 8.21. The third-order valence-electron chi connectivity index (χ3n) is 10.9. The number of nitrogens with zero attached hydrogens (tertiary/aromatic N) is 1. The molecule has 55 heavy (non-hydrogen) atoms. The number of fused-ring (bicyclic) bond motifs is 7. The Bertz CT molecular complexity index is 3200. The Morgan fingerprint density at radius 3 is 1.80 bits per heavy atom. The van der Waals surface area contributed by atoms with Gasteiger partial charge in [0.1, 0.15) is 11.2 Å². The molecule has 0 spiro atoms. The number of anilines is 3. The maximum absolute atomic E-state index is 6.41. The van der Waals surface area contributed by atoms with Crippen molar-refractivity contribution in [2.24, 2.45) is 0 Å². The van der Waals surface area contributed by atoms with Gasteiger partial charge in [0.2, 0.25) is 0 Å². The molecule has 0 fully saturated rings. The van der Waals surface area contributed by atoms with E-state index in [9.17, 15) is 0 Å². The molecule has 0 aliphatic heterocycles. The van der Waals surface area contributed by atoms with Gasteiger partial charge in [-0.05, 0) is 93.2 Å². The van der Waals surface area contributed by atoms with Crippen LogP contribution < -0.4 is 4.90 Å². The molecule has 0 saturated carbocycles. The van der Waals surface area contributed by atoms with Crippen molar-refractivity contribution in [2.45, 2.75) is 0 Å². The van der Waals surface area contributed by atoms with E-state index in [4.69, 9.17) is 4.42 Å². The Labute approximate surface area is 322 Å². The number of hydrogen-bond acceptors (Lipinski definition) is 3. The third kappa shape index (κ3) is 5.40. The van der Waals surface area contributed by atoms with Crippen molar-refractivity contribution in [1.82, 2.24) is 0 Å². The highest BCUT2D eigenvalue weighted by Gasteiger charge is 2.17. The lowest BCUT2D eigenvalue weighted by molar-refractivity contribution is 0.670. The average Bonchev–Trinajstić information content (AvgIpc) is 3.82. The molecular weight excluding hydrogens is 687 g/mol. The molecule has 0 unspecified atom stereocenters. The third-order valence-corrected chi connectivity index (χ3v) is 12.0. The summed E-state index contributed by atoms with van der Waals surface area (Å²) in [6, 6.07) is 72.2. The molecule has 0 bridgehead atoms. The molecule has 11 aromatic rings. The second kappa shape index (κ2) is 12.9. The van der Waals surface area contributed by atoms with Crippen LogP contribution in [0.15, 0.2) is 205 Å². The molecule has 0 radical (unpaired) electrons. The molecule has 0 saturated heterocycles. The van der Waals surface area contributed by atoms with Crippen molar-refractivity contribution < 1.29 is 4.42 Å². The zero-order valence-corrected chi connectivity index (χ0v) is 30.6. The van der Waals surface area contributed by atoms with Gasteiger partial charge in [0, 0.05) is 53.6 Å². The summed E-state index contributed by atoms with van der Waals surface area (Å²) in [7, 11) is 0. The molecule has 0 atom stereocenters. The van der Waals surface area contributed by atoms with Gasteiger partial charge in [-0.3, -0.25) is 0 Å². The van der Waals surface area contributed by atoms with E-state index >= 15 is 0 Å². The summed E-state index contributed by atoms with van der Waals surface area (Å²) in [4.78, 5) is 2.37. The molecule has 11 rings (SSSR count). The van der Waals surface area contributed by atoms with E-state index < -0.39 is 0 Å². The summed E-state index contributed by atoms with van der Waals surface area (Å²) in [5.74, 6) is 0. The van der Waals surface area contributed by atoms with Crippen LogP contribution in [0.25, 0.3) is 86.3 Å². The van der Waals surface area contributed by atoms with Gasteiger partial charge in [-0.1, -0.05) is 146 Å². The maximum Gasteiger partial charge on any atom is 0.143 e. The van der Waals surface area contributed by atoms with Crippen molar-refractivity contribution in [2.75, 3.05) is 4.90 Å². The number of furan rings is 1. The van der Waals surface area contributed by atoms with Crippen LogP contribution in [-0.4, -0.2) is 0 Å². The highest BCUT2D eigenvalue weighted by molar-refractivity contribution is 7.25. The average molecular weight is 720 g/mol. The van der Waals surface area contributed by atoms with E-state index in [0.29, 0.717) is 0 Å². The minimum Gasteiger partial charge on any atom is -0.455 e. The lowest BCUT2D eigenvalue weighted by Gasteiger charge is -2.26. The van der Waals surface area contributed by atoms with E-state index in [-0.39, 0.29) is 0 Å². The molecule has 0 N–H and O–H groups in total. The molecule has 0 aliphatic rings. The van der Waals surface area contributed by atoms with Gasteiger partial charge in [-0.15, -0.1) is 11.3 Å². The van der Waals surface area contributed by atoms with Gasteiger partial charge >= 0.3 is 0 Å². The number of benzene rings is 9. The zero-order valence-electron chi connectivity index (χ0n) is 29.8. The zero-order chi connectivity index (χ0) is 36.3. The van der Waals surface area contributed by atoms with Crippen molar-refractivity contribution in [3.63, 3.8) is 0 Å². The summed E-state index contributed by atoms with van der Waals surface area (Å²) >= 11 is 1.85. The van der Waals surface area contributed by atoms with Gasteiger partial charge in [-0.2, -0.15) is 0 Å². The summed E-state index contributed by atoms with van der Waals surface area (Å²) in [5.41, 5.74) is 12.2. The Hall–Kier alpha value is -6.94. The maximum atomic E-state index is 6.41. The SMILES string of the molecule is c1cc(-c2ccc(N(c3ccc(-c4cccc5c4oc4ccccc45)cc3)c3ccc4c(c3)sc3ccccc34)cc2)cc(-c2cccc3ccccc23)c1. The fraction of sp³-hybridized carbons (Fsp3) is 0. The van der Waals surface area contributed by atoms with Crippen LogP contribution in [0.1, 0.15) is 0 Å². The van der Waals surface area contributed by atoms with Gasteiger partial charge in [0.25, 0.3) is 0 Å². The van der Waals surface area contributed by atoms with Crippen LogP contribution in [0.3, 0.4) is 0 Å². The standard InChI is InChI=1S/C52H33NOS/c1-2-14-42-35(10-1)11-8-17-43(42)38-13-7-12-37(32-38)34-22-26-39(27-23-34)53(41-30-31-47-46-16-4-6-21-50(46)55-51(47)33-41)40-28-24-36(25-29-40)44-18-9-19-48-45-15-3-5-20-49(45)54-52(44)48/h1-33H. The monoisotopic (exact) mass is 719 g/mol. The van der Waals surface area contributed by atoms with Crippen LogP contribution in [0.2, 0.25) is 0 Å². The smallest absolute Gasteiger partial charge is 0.143 e. The summed E-state index contributed by atoms with van der Waals surface area (Å²) in [6.45, 7) is 0. The molecule has 9 aromatic carbocycles. The first-order valence-electron chi connectivity index (χ1n) is 18.7. The minimum atomic E-state index is 0.910.